The number of pyridine rings is 1. The van der Waals surface area contributed by atoms with Gasteiger partial charge in [0.25, 0.3) is 0 Å². The molecule has 4 aliphatic heterocycles. The van der Waals surface area contributed by atoms with Gasteiger partial charge in [-0.2, -0.15) is 0 Å². The SMILES string of the molecule is OC(c1cc(C2CC3CCN2CC3)nc2c(Cl)cc(Cl)cc12)C1CCCCN1. The number of benzene rings is 1. The average molecular weight is 420 g/mol. The molecule has 4 aliphatic rings. The topological polar surface area (TPSA) is 48.4 Å². The second kappa shape index (κ2) is 7.73. The van der Waals surface area contributed by atoms with E-state index in [9.17, 15) is 5.11 Å². The Morgan fingerprint density at radius 3 is 2.61 bits per heavy atom. The highest BCUT2D eigenvalue weighted by Gasteiger charge is 2.36. The van der Waals surface area contributed by atoms with E-state index in [0.717, 1.165) is 67.0 Å². The molecule has 3 atom stereocenters. The molecule has 6 rings (SSSR count). The van der Waals surface area contributed by atoms with Crippen molar-refractivity contribution in [3.05, 3.63) is 39.5 Å². The standard InChI is InChI=1S/C22H27Cl2N3O/c23-14-10-15-16(22(28)18-3-1-2-6-25-18)12-19(26-21(15)17(24)11-14)20-9-13-4-7-27(20)8-5-13/h10-13,18,20,22,25,28H,1-9H2. The van der Waals surface area contributed by atoms with Gasteiger partial charge in [0.15, 0.2) is 0 Å². The normalized spacial score (nSPS) is 31.2. The molecule has 0 spiro atoms. The average Bonchev–Trinajstić information content (AvgIpc) is 2.74. The van der Waals surface area contributed by atoms with Crippen LogP contribution in [-0.2, 0) is 0 Å². The Morgan fingerprint density at radius 2 is 1.93 bits per heavy atom. The number of aliphatic hydroxyl groups is 1. The van der Waals surface area contributed by atoms with Crippen molar-refractivity contribution < 1.29 is 5.11 Å². The Balaban J connectivity index is 1.62. The third-order valence-electron chi connectivity index (χ3n) is 6.92. The first-order valence-electron chi connectivity index (χ1n) is 10.6. The van der Waals surface area contributed by atoms with E-state index in [1.807, 2.05) is 6.07 Å². The lowest BCUT2D eigenvalue weighted by Crippen LogP contribution is -2.44. The number of piperidine rings is 4. The lowest BCUT2D eigenvalue weighted by atomic mass is 9.81. The fourth-order valence-electron chi connectivity index (χ4n) is 5.35. The summed E-state index contributed by atoms with van der Waals surface area (Å²) >= 11 is 12.9. The van der Waals surface area contributed by atoms with Crippen molar-refractivity contribution >= 4 is 34.1 Å². The summed E-state index contributed by atoms with van der Waals surface area (Å²) in [5.74, 6) is 0.793. The summed E-state index contributed by atoms with van der Waals surface area (Å²) in [7, 11) is 0. The van der Waals surface area contributed by atoms with E-state index in [1.165, 1.54) is 19.3 Å². The summed E-state index contributed by atoms with van der Waals surface area (Å²) in [4.78, 5) is 7.53. The van der Waals surface area contributed by atoms with Crippen molar-refractivity contribution in [2.45, 2.75) is 56.7 Å². The van der Waals surface area contributed by atoms with E-state index in [4.69, 9.17) is 28.2 Å². The van der Waals surface area contributed by atoms with Gasteiger partial charge >= 0.3 is 0 Å². The minimum absolute atomic E-state index is 0.0630. The molecule has 6 heteroatoms. The summed E-state index contributed by atoms with van der Waals surface area (Å²) in [5.41, 5.74) is 2.72. The zero-order valence-electron chi connectivity index (χ0n) is 16.0. The van der Waals surface area contributed by atoms with Crippen LogP contribution in [0.5, 0.6) is 0 Å². The van der Waals surface area contributed by atoms with Crippen LogP contribution in [0, 0.1) is 5.92 Å². The molecule has 0 saturated carbocycles. The molecule has 1 aromatic heterocycles. The first kappa shape index (κ1) is 19.1. The van der Waals surface area contributed by atoms with Crippen molar-refractivity contribution in [3.63, 3.8) is 0 Å². The molecule has 4 fully saturated rings. The van der Waals surface area contributed by atoms with Gasteiger partial charge in [-0.1, -0.05) is 29.6 Å². The molecule has 0 amide bonds. The quantitative estimate of drug-likeness (QED) is 0.744. The number of nitrogens with one attached hydrogen (secondary N) is 1. The van der Waals surface area contributed by atoms with E-state index in [2.05, 4.69) is 16.3 Å². The van der Waals surface area contributed by atoms with Gasteiger partial charge in [0.1, 0.15) is 0 Å². The van der Waals surface area contributed by atoms with Gasteiger partial charge in [0.2, 0.25) is 0 Å². The third-order valence-corrected chi connectivity index (χ3v) is 7.43. The Bertz CT molecular complexity index is 876. The van der Waals surface area contributed by atoms with E-state index in [1.54, 1.807) is 6.07 Å². The molecule has 150 valence electrons. The van der Waals surface area contributed by atoms with Crippen molar-refractivity contribution in [2.24, 2.45) is 5.92 Å². The van der Waals surface area contributed by atoms with Gasteiger partial charge < -0.3 is 10.4 Å². The summed E-state index contributed by atoms with van der Waals surface area (Å²) < 4.78 is 0. The molecule has 1 aromatic carbocycles. The largest absolute Gasteiger partial charge is 0.387 e. The molecule has 2 aromatic rings. The van der Waals surface area contributed by atoms with E-state index in [0.29, 0.717) is 16.1 Å². The van der Waals surface area contributed by atoms with Crippen molar-refractivity contribution in [1.29, 1.82) is 0 Å². The predicted molar refractivity (Wildman–Crippen MR) is 114 cm³/mol. The van der Waals surface area contributed by atoms with Gasteiger partial charge in [-0.05, 0) is 81.4 Å². The Hall–Kier alpha value is -0.910. The lowest BCUT2D eigenvalue weighted by molar-refractivity contribution is 0.0467. The number of hydrogen-bond donors (Lipinski definition) is 2. The molecule has 3 unspecified atom stereocenters. The first-order valence-corrected chi connectivity index (χ1v) is 11.3. The Labute approximate surface area is 176 Å². The molecule has 4 nitrogen and oxygen atoms in total. The van der Waals surface area contributed by atoms with Crippen LogP contribution in [0.2, 0.25) is 10.0 Å². The maximum atomic E-state index is 11.3. The van der Waals surface area contributed by atoms with Crippen LogP contribution < -0.4 is 5.32 Å². The number of rotatable bonds is 3. The van der Waals surface area contributed by atoms with Gasteiger partial charge in [-0.3, -0.25) is 4.90 Å². The number of hydrogen-bond acceptors (Lipinski definition) is 4. The van der Waals surface area contributed by atoms with Gasteiger partial charge in [-0.25, -0.2) is 4.98 Å². The lowest BCUT2D eigenvalue weighted by Gasteiger charge is -2.45. The molecule has 2 bridgehead atoms. The van der Waals surface area contributed by atoms with Gasteiger partial charge in [-0.15, -0.1) is 0 Å². The molecular formula is C22H27Cl2N3O. The van der Waals surface area contributed by atoms with Crippen LogP contribution in [0.25, 0.3) is 10.9 Å². The fraction of sp³-hybridized carbons (Fsp3) is 0.591. The monoisotopic (exact) mass is 419 g/mol. The second-order valence-corrected chi connectivity index (χ2v) is 9.50. The summed E-state index contributed by atoms with van der Waals surface area (Å²) in [6.45, 7) is 3.24. The van der Waals surface area contributed by atoms with Crippen LogP contribution in [0.3, 0.4) is 0 Å². The summed E-state index contributed by atoms with van der Waals surface area (Å²) in [6, 6.07) is 6.17. The van der Waals surface area contributed by atoms with Gasteiger partial charge in [0, 0.05) is 16.5 Å². The number of fused-ring (bicyclic) bond motifs is 4. The summed E-state index contributed by atoms with van der Waals surface area (Å²) in [6.07, 6.45) is 6.44. The number of halogens is 2. The molecule has 0 radical (unpaired) electrons. The zero-order valence-corrected chi connectivity index (χ0v) is 17.5. The van der Waals surface area contributed by atoms with Crippen molar-refractivity contribution in [1.82, 2.24) is 15.2 Å². The fourth-order valence-corrected chi connectivity index (χ4v) is 5.89. The van der Waals surface area contributed by atoms with Crippen LogP contribution in [0.1, 0.15) is 61.9 Å². The summed E-state index contributed by atoms with van der Waals surface area (Å²) in [5, 5.41) is 16.8. The number of aliphatic hydroxyl groups excluding tert-OH is 1. The van der Waals surface area contributed by atoms with Gasteiger partial charge in [0.05, 0.1) is 28.4 Å². The Kier molecular flexibility index (Phi) is 5.27. The van der Waals surface area contributed by atoms with E-state index in [-0.39, 0.29) is 6.04 Å². The number of aromatic nitrogens is 1. The molecule has 28 heavy (non-hydrogen) atoms. The minimum atomic E-state index is -0.588. The van der Waals surface area contributed by atoms with Crippen LogP contribution in [-0.4, -0.2) is 40.7 Å². The van der Waals surface area contributed by atoms with Crippen LogP contribution in [0.15, 0.2) is 18.2 Å². The zero-order chi connectivity index (χ0) is 19.3. The maximum Gasteiger partial charge on any atom is 0.0950 e. The number of nitrogens with zero attached hydrogens (tertiary/aromatic N) is 2. The predicted octanol–water partition coefficient (Wildman–Crippen LogP) is 4.87. The maximum absolute atomic E-state index is 11.3. The highest BCUT2D eigenvalue weighted by atomic mass is 35.5. The van der Waals surface area contributed by atoms with Crippen LogP contribution >= 0.6 is 23.2 Å². The second-order valence-electron chi connectivity index (χ2n) is 8.65. The Morgan fingerprint density at radius 1 is 1.11 bits per heavy atom. The smallest absolute Gasteiger partial charge is 0.0950 e. The molecule has 0 aliphatic carbocycles. The molecule has 4 saturated heterocycles. The van der Waals surface area contributed by atoms with E-state index >= 15 is 0 Å². The van der Waals surface area contributed by atoms with Crippen LogP contribution in [0.4, 0.5) is 0 Å². The van der Waals surface area contributed by atoms with Crippen molar-refractivity contribution in [3.8, 4) is 0 Å². The highest BCUT2D eigenvalue weighted by molar-refractivity contribution is 6.38. The minimum Gasteiger partial charge on any atom is -0.387 e. The van der Waals surface area contributed by atoms with E-state index < -0.39 is 6.10 Å². The molecule has 2 N–H and O–H groups in total. The molecular weight excluding hydrogens is 393 g/mol. The first-order chi connectivity index (χ1) is 13.6. The third kappa shape index (κ3) is 3.44. The molecule has 5 heterocycles. The van der Waals surface area contributed by atoms with Crippen molar-refractivity contribution in [2.75, 3.05) is 19.6 Å². The highest BCUT2D eigenvalue weighted by Crippen LogP contribution is 2.42.